The second-order valence-corrected chi connectivity index (χ2v) is 4.97. The van der Waals surface area contributed by atoms with Crippen LogP contribution in [0, 0.1) is 11.3 Å². The van der Waals surface area contributed by atoms with E-state index < -0.39 is 12.1 Å². The maximum atomic E-state index is 12.2. The van der Waals surface area contributed by atoms with Crippen molar-refractivity contribution < 1.29 is 9.90 Å². The Kier molecular flexibility index (Phi) is 3.38. The minimum Gasteiger partial charge on any atom is -0.390 e. The van der Waals surface area contributed by atoms with Crippen LogP contribution in [-0.2, 0) is 6.42 Å². The van der Waals surface area contributed by atoms with E-state index in [9.17, 15) is 9.90 Å². The summed E-state index contributed by atoms with van der Waals surface area (Å²) in [6, 6.07) is 12.2. The molecule has 1 aromatic heterocycles. The van der Waals surface area contributed by atoms with Gasteiger partial charge < -0.3 is 10.4 Å². The second-order valence-electron chi connectivity index (χ2n) is 4.97. The summed E-state index contributed by atoms with van der Waals surface area (Å²) in [5.74, 6) is -0.361. The molecule has 1 amide bonds. The Morgan fingerprint density at radius 1 is 1.33 bits per heavy atom. The SMILES string of the molecule is N#Cc1ccc(C(=O)NC2c3ccccc3CC2O)nc1. The molecule has 1 aliphatic rings. The molecule has 104 valence electrons. The van der Waals surface area contributed by atoms with Gasteiger partial charge in [0, 0.05) is 12.6 Å². The lowest BCUT2D eigenvalue weighted by Gasteiger charge is -2.17. The van der Waals surface area contributed by atoms with Gasteiger partial charge in [0.1, 0.15) is 11.8 Å². The molecular formula is C16H13N3O2. The maximum absolute atomic E-state index is 12.2. The summed E-state index contributed by atoms with van der Waals surface area (Å²) in [4.78, 5) is 16.1. The predicted octanol–water partition coefficient (Wildman–Crippen LogP) is 1.34. The van der Waals surface area contributed by atoms with Gasteiger partial charge in [-0.15, -0.1) is 0 Å². The van der Waals surface area contributed by atoms with E-state index in [1.807, 2.05) is 30.3 Å². The van der Waals surface area contributed by atoms with Gasteiger partial charge in [0.25, 0.3) is 5.91 Å². The summed E-state index contributed by atoms with van der Waals surface area (Å²) in [7, 11) is 0. The number of aliphatic hydroxyl groups excluding tert-OH is 1. The van der Waals surface area contributed by atoms with Crippen LogP contribution >= 0.6 is 0 Å². The van der Waals surface area contributed by atoms with Crippen LogP contribution in [0.15, 0.2) is 42.6 Å². The molecule has 3 rings (SSSR count). The van der Waals surface area contributed by atoms with Gasteiger partial charge in [-0.05, 0) is 23.3 Å². The summed E-state index contributed by atoms with van der Waals surface area (Å²) in [6.07, 6.45) is 1.25. The monoisotopic (exact) mass is 279 g/mol. The molecule has 5 nitrogen and oxygen atoms in total. The number of carbonyl (C=O) groups is 1. The maximum Gasteiger partial charge on any atom is 0.270 e. The third kappa shape index (κ3) is 2.49. The quantitative estimate of drug-likeness (QED) is 0.868. The third-order valence-corrected chi connectivity index (χ3v) is 3.62. The normalized spacial score (nSPS) is 19.6. The number of nitrogens with zero attached hydrogens (tertiary/aromatic N) is 2. The number of nitrogens with one attached hydrogen (secondary N) is 1. The van der Waals surface area contributed by atoms with E-state index in [0.29, 0.717) is 12.0 Å². The molecule has 1 aromatic carbocycles. The molecule has 0 spiro atoms. The fourth-order valence-electron chi connectivity index (χ4n) is 2.56. The Balaban J connectivity index is 1.80. The van der Waals surface area contributed by atoms with Crippen molar-refractivity contribution in [3.8, 4) is 6.07 Å². The van der Waals surface area contributed by atoms with Crippen molar-refractivity contribution in [2.75, 3.05) is 0 Å². The highest BCUT2D eigenvalue weighted by Gasteiger charge is 2.32. The van der Waals surface area contributed by atoms with Crippen molar-refractivity contribution in [3.05, 3.63) is 65.0 Å². The molecule has 21 heavy (non-hydrogen) atoms. The van der Waals surface area contributed by atoms with Crippen molar-refractivity contribution in [1.29, 1.82) is 5.26 Å². The third-order valence-electron chi connectivity index (χ3n) is 3.62. The highest BCUT2D eigenvalue weighted by atomic mass is 16.3. The smallest absolute Gasteiger partial charge is 0.270 e. The Bertz CT molecular complexity index is 719. The number of hydrogen-bond donors (Lipinski definition) is 2. The second kappa shape index (κ2) is 5.35. The zero-order chi connectivity index (χ0) is 14.8. The van der Waals surface area contributed by atoms with E-state index in [4.69, 9.17) is 5.26 Å². The number of aromatic nitrogens is 1. The molecule has 5 heteroatoms. The number of nitriles is 1. The van der Waals surface area contributed by atoms with E-state index in [1.54, 1.807) is 6.07 Å². The van der Waals surface area contributed by atoms with Crippen LogP contribution in [0.25, 0.3) is 0 Å². The van der Waals surface area contributed by atoms with Crippen LogP contribution in [0.5, 0.6) is 0 Å². The van der Waals surface area contributed by atoms with E-state index in [-0.39, 0.29) is 11.6 Å². The number of carbonyl (C=O) groups excluding carboxylic acids is 1. The number of pyridine rings is 1. The van der Waals surface area contributed by atoms with E-state index in [1.165, 1.54) is 12.3 Å². The lowest BCUT2D eigenvalue weighted by atomic mass is 10.1. The molecule has 1 aliphatic carbocycles. The molecule has 0 saturated heterocycles. The van der Waals surface area contributed by atoms with Crippen molar-refractivity contribution in [2.45, 2.75) is 18.6 Å². The first-order valence-corrected chi connectivity index (χ1v) is 6.62. The fraction of sp³-hybridized carbons (Fsp3) is 0.188. The van der Waals surface area contributed by atoms with Gasteiger partial charge in [-0.2, -0.15) is 5.26 Å². The van der Waals surface area contributed by atoms with Crippen LogP contribution in [0.1, 0.15) is 33.2 Å². The first kappa shape index (κ1) is 13.3. The predicted molar refractivity (Wildman–Crippen MR) is 75.3 cm³/mol. The number of fused-ring (bicyclic) bond motifs is 1. The Hall–Kier alpha value is -2.71. The standard InChI is InChI=1S/C16H13N3O2/c17-8-10-5-6-13(18-9-10)16(21)19-15-12-4-2-1-3-11(12)7-14(15)20/h1-6,9,14-15,20H,7H2,(H,19,21). The first-order chi connectivity index (χ1) is 10.2. The molecule has 0 fully saturated rings. The molecule has 1 heterocycles. The summed E-state index contributed by atoms with van der Waals surface area (Å²) in [5.41, 5.74) is 2.61. The zero-order valence-corrected chi connectivity index (χ0v) is 11.2. The molecule has 2 unspecified atom stereocenters. The number of aliphatic hydroxyl groups is 1. The minimum atomic E-state index is -0.635. The van der Waals surface area contributed by atoms with E-state index in [2.05, 4.69) is 10.3 Å². The van der Waals surface area contributed by atoms with Crippen molar-refractivity contribution in [2.24, 2.45) is 0 Å². The highest BCUT2D eigenvalue weighted by Crippen LogP contribution is 2.31. The molecule has 2 N–H and O–H groups in total. The van der Waals surface area contributed by atoms with Crippen molar-refractivity contribution in [1.82, 2.24) is 10.3 Å². The van der Waals surface area contributed by atoms with Gasteiger partial charge in [0.05, 0.1) is 17.7 Å². The van der Waals surface area contributed by atoms with Crippen molar-refractivity contribution >= 4 is 5.91 Å². The minimum absolute atomic E-state index is 0.227. The largest absolute Gasteiger partial charge is 0.390 e. The summed E-state index contributed by atoms with van der Waals surface area (Å²) in [6.45, 7) is 0. The molecule has 0 saturated carbocycles. The lowest BCUT2D eigenvalue weighted by Crippen LogP contribution is -2.34. The number of rotatable bonds is 2. The average molecular weight is 279 g/mol. The van der Waals surface area contributed by atoms with Crippen molar-refractivity contribution in [3.63, 3.8) is 0 Å². The number of hydrogen-bond acceptors (Lipinski definition) is 4. The Morgan fingerprint density at radius 2 is 2.14 bits per heavy atom. The van der Waals surface area contributed by atoms with Crippen LogP contribution < -0.4 is 5.32 Å². The van der Waals surface area contributed by atoms with E-state index in [0.717, 1.165) is 11.1 Å². The fourth-order valence-corrected chi connectivity index (χ4v) is 2.56. The molecule has 2 aromatic rings. The molecule has 0 radical (unpaired) electrons. The van der Waals surface area contributed by atoms with E-state index >= 15 is 0 Å². The summed E-state index contributed by atoms with van der Waals surface area (Å²) in [5, 5.41) is 21.6. The molecule has 0 aliphatic heterocycles. The summed E-state index contributed by atoms with van der Waals surface area (Å²) < 4.78 is 0. The number of benzene rings is 1. The van der Waals surface area contributed by atoms with Crippen LogP contribution in [-0.4, -0.2) is 22.1 Å². The zero-order valence-electron chi connectivity index (χ0n) is 11.2. The van der Waals surface area contributed by atoms with Crippen LogP contribution in [0.4, 0.5) is 0 Å². The Morgan fingerprint density at radius 3 is 2.86 bits per heavy atom. The lowest BCUT2D eigenvalue weighted by molar-refractivity contribution is 0.0853. The van der Waals surface area contributed by atoms with Crippen LogP contribution in [0.3, 0.4) is 0 Å². The highest BCUT2D eigenvalue weighted by molar-refractivity contribution is 5.92. The molecule has 2 atom stereocenters. The van der Waals surface area contributed by atoms with Gasteiger partial charge in [-0.3, -0.25) is 4.79 Å². The molecule has 0 bridgehead atoms. The summed E-state index contributed by atoms with van der Waals surface area (Å²) >= 11 is 0. The van der Waals surface area contributed by atoms with Gasteiger partial charge in [0.15, 0.2) is 0 Å². The number of amides is 1. The van der Waals surface area contributed by atoms with Gasteiger partial charge in [-0.1, -0.05) is 24.3 Å². The van der Waals surface area contributed by atoms with Gasteiger partial charge >= 0.3 is 0 Å². The first-order valence-electron chi connectivity index (χ1n) is 6.62. The Labute approximate surface area is 121 Å². The van der Waals surface area contributed by atoms with Gasteiger partial charge in [-0.25, -0.2) is 4.98 Å². The topological polar surface area (TPSA) is 86.0 Å². The van der Waals surface area contributed by atoms with Gasteiger partial charge in [0.2, 0.25) is 0 Å². The van der Waals surface area contributed by atoms with Crippen LogP contribution in [0.2, 0.25) is 0 Å². The molecular weight excluding hydrogens is 266 g/mol. The average Bonchev–Trinajstić information content (AvgIpc) is 2.83.